The Morgan fingerprint density at radius 2 is 1.62 bits per heavy atom. The van der Waals surface area contributed by atoms with Crippen LogP contribution in [0, 0.1) is 5.92 Å². The van der Waals surface area contributed by atoms with Crippen molar-refractivity contribution in [2.45, 2.75) is 40.8 Å². The molecule has 0 bridgehead atoms. The molecule has 1 aliphatic carbocycles. The highest BCUT2D eigenvalue weighted by atomic mass is 79.9. The van der Waals surface area contributed by atoms with Crippen LogP contribution in [-0.2, 0) is 9.84 Å². The number of hydrogen-bond donors (Lipinski definition) is 0. The molecule has 1 aliphatic rings. The highest BCUT2D eigenvalue weighted by Crippen LogP contribution is 2.54. The number of hydrogen-bond acceptors (Lipinski definition) is 3. The summed E-state index contributed by atoms with van der Waals surface area (Å²) in [7, 11) is -6.37. The van der Waals surface area contributed by atoms with Crippen molar-refractivity contribution in [3.63, 3.8) is 0 Å². The number of alkyl halides is 8. The van der Waals surface area contributed by atoms with Crippen LogP contribution in [0.3, 0.4) is 0 Å². The normalized spacial score (nSPS) is 24.9. The molecule has 1 radical (unpaired) electrons. The van der Waals surface area contributed by atoms with Gasteiger partial charge in [0.05, 0.1) is 9.23 Å². The van der Waals surface area contributed by atoms with Crippen LogP contribution in [0.15, 0.2) is 21.5 Å². The van der Waals surface area contributed by atoms with Gasteiger partial charge in [0.1, 0.15) is 0 Å². The lowest BCUT2D eigenvalue weighted by molar-refractivity contribution is -0.331. The van der Waals surface area contributed by atoms with E-state index in [2.05, 4.69) is 31.9 Å². The number of thioether (sulfide) groups is 1. The summed E-state index contributed by atoms with van der Waals surface area (Å²) in [6.45, 7) is 3.11. The Labute approximate surface area is 166 Å². The van der Waals surface area contributed by atoms with Gasteiger partial charge in [0, 0.05) is 15.7 Å². The maximum absolute atomic E-state index is 13.8. The van der Waals surface area contributed by atoms with Gasteiger partial charge in [-0.1, -0.05) is 45.7 Å². The summed E-state index contributed by atoms with van der Waals surface area (Å²) in [5, 5.41) is -6.86. The van der Waals surface area contributed by atoms with Crippen molar-refractivity contribution < 1.29 is 39.2 Å². The Balaban J connectivity index is 3.64. The summed E-state index contributed by atoms with van der Waals surface area (Å²) in [4.78, 5) is -1.35. The van der Waals surface area contributed by atoms with Gasteiger partial charge in [0.15, 0.2) is 0 Å². The maximum atomic E-state index is 13.8. The molecular weight excluding hydrogens is 545 g/mol. The third-order valence-corrected chi connectivity index (χ3v) is 9.37. The van der Waals surface area contributed by atoms with Crippen molar-refractivity contribution in [2.24, 2.45) is 0 Å². The fraction of sp³-hybridized carbons (Fsp3) is 0.615. The molecule has 0 saturated heterocycles. The molecular formula is C13H12Br2F7O2S2. The second-order valence-electron chi connectivity index (χ2n) is 5.40. The van der Waals surface area contributed by atoms with Crippen LogP contribution < -0.4 is 0 Å². The largest absolute Gasteiger partial charge is 0.461 e. The van der Waals surface area contributed by atoms with E-state index in [1.807, 2.05) is 0 Å². The predicted molar refractivity (Wildman–Crippen MR) is 93.5 cm³/mol. The maximum Gasteiger partial charge on any atom is 0.461 e. The zero-order valence-corrected chi connectivity index (χ0v) is 18.1. The second kappa shape index (κ2) is 7.25. The standard InChI is InChI=1S/C13H12Br2F7O2S2/c1-6-9(14)4-8(5-10(6,15)7(2)25-3)26(23,24)13(21,22)11(16,17)12(18,19)20/h4-5,7H,1-3H3. The van der Waals surface area contributed by atoms with Crippen LogP contribution in [0.5, 0.6) is 0 Å². The van der Waals surface area contributed by atoms with E-state index in [1.54, 1.807) is 13.2 Å². The molecule has 2 nitrogen and oxygen atoms in total. The van der Waals surface area contributed by atoms with Gasteiger partial charge in [0.25, 0.3) is 0 Å². The van der Waals surface area contributed by atoms with Crippen molar-refractivity contribution in [3.05, 3.63) is 27.5 Å². The molecule has 2 atom stereocenters. The van der Waals surface area contributed by atoms with Crippen LogP contribution in [0.2, 0.25) is 0 Å². The smallest absolute Gasteiger partial charge is 0.217 e. The van der Waals surface area contributed by atoms with Gasteiger partial charge in [0.2, 0.25) is 9.84 Å². The lowest BCUT2D eigenvalue weighted by atomic mass is 9.87. The molecule has 1 rings (SSSR count). The van der Waals surface area contributed by atoms with Gasteiger partial charge < -0.3 is 0 Å². The molecule has 0 N–H and O–H groups in total. The molecule has 0 amide bonds. The summed E-state index contributed by atoms with van der Waals surface area (Å²) in [5.41, 5.74) is 0. The SMILES string of the molecule is CSC(C)C1(Br)C=C(S(=O)(=O)C(F)(F)C(F)(F)C(F)(F)F)C=C(Br)[C]1C. The van der Waals surface area contributed by atoms with E-state index in [9.17, 15) is 39.2 Å². The number of allylic oxidation sites excluding steroid dienone is 3. The Hall–Kier alpha value is 0.250. The van der Waals surface area contributed by atoms with Gasteiger partial charge >= 0.3 is 17.4 Å². The molecule has 0 aromatic heterocycles. The van der Waals surface area contributed by atoms with E-state index in [0.717, 1.165) is 0 Å². The third-order valence-electron chi connectivity index (χ3n) is 3.87. The van der Waals surface area contributed by atoms with Crippen LogP contribution in [0.25, 0.3) is 0 Å². The predicted octanol–water partition coefficient (Wildman–Crippen LogP) is 5.85. The molecule has 151 valence electrons. The average molecular weight is 557 g/mol. The first kappa shape index (κ1) is 24.3. The van der Waals surface area contributed by atoms with Crippen LogP contribution in [0.1, 0.15) is 13.8 Å². The summed E-state index contributed by atoms with van der Waals surface area (Å²) in [6.07, 6.45) is -3.83. The number of rotatable bonds is 5. The lowest BCUT2D eigenvalue weighted by Gasteiger charge is -2.39. The molecule has 0 aromatic rings. The third kappa shape index (κ3) is 3.61. The lowest BCUT2D eigenvalue weighted by Crippen LogP contribution is -2.56. The number of halogens is 9. The molecule has 0 heterocycles. The quantitative estimate of drug-likeness (QED) is 0.315. The molecule has 2 unspecified atom stereocenters. The molecule has 0 spiro atoms. The van der Waals surface area contributed by atoms with Gasteiger partial charge in [-0.05, 0) is 18.4 Å². The van der Waals surface area contributed by atoms with Crippen molar-refractivity contribution in [3.8, 4) is 0 Å². The fourth-order valence-electron chi connectivity index (χ4n) is 2.00. The van der Waals surface area contributed by atoms with Crippen molar-refractivity contribution in [1.29, 1.82) is 0 Å². The van der Waals surface area contributed by atoms with E-state index in [0.29, 0.717) is 18.1 Å². The Kier molecular flexibility index (Phi) is 6.77. The van der Waals surface area contributed by atoms with Crippen LogP contribution >= 0.6 is 43.6 Å². The topological polar surface area (TPSA) is 34.1 Å². The second-order valence-corrected chi connectivity index (χ2v) is 10.7. The van der Waals surface area contributed by atoms with E-state index < -0.39 is 41.7 Å². The molecule has 0 aromatic carbocycles. The minimum absolute atomic E-state index is 0.0255. The highest BCUT2D eigenvalue weighted by Gasteiger charge is 2.79. The van der Waals surface area contributed by atoms with Gasteiger partial charge in [-0.2, -0.15) is 42.5 Å². The first-order chi connectivity index (χ1) is 11.4. The molecule has 0 fully saturated rings. The monoisotopic (exact) mass is 555 g/mol. The number of sulfone groups is 1. The Morgan fingerprint density at radius 1 is 1.15 bits per heavy atom. The van der Waals surface area contributed by atoms with Gasteiger partial charge in [-0.3, -0.25) is 0 Å². The fourth-order valence-corrected chi connectivity index (χ4v) is 6.12. The summed E-state index contributed by atoms with van der Waals surface area (Å²) in [6, 6.07) is 0. The van der Waals surface area contributed by atoms with Gasteiger partial charge in [-0.15, -0.1) is 0 Å². The van der Waals surface area contributed by atoms with E-state index in [1.165, 1.54) is 18.7 Å². The zero-order chi connectivity index (χ0) is 20.9. The minimum atomic E-state index is -6.77. The van der Waals surface area contributed by atoms with E-state index in [4.69, 9.17) is 0 Å². The molecule has 0 saturated carbocycles. The Bertz CT molecular complexity index is 731. The van der Waals surface area contributed by atoms with Gasteiger partial charge in [-0.25, -0.2) is 8.42 Å². The van der Waals surface area contributed by atoms with Crippen LogP contribution in [-0.4, -0.2) is 41.6 Å². The summed E-state index contributed by atoms with van der Waals surface area (Å²) >= 11 is 7.33. The highest BCUT2D eigenvalue weighted by molar-refractivity contribution is 9.12. The molecule has 13 heteroatoms. The summed E-state index contributed by atoms with van der Waals surface area (Å²) < 4.78 is 114. The van der Waals surface area contributed by atoms with Crippen molar-refractivity contribution in [1.82, 2.24) is 0 Å². The van der Waals surface area contributed by atoms with E-state index >= 15 is 0 Å². The van der Waals surface area contributed by atoms with Crippen molar-refractivity contribution >= 4 is 53.5 Å². The zero-order valence-electron chi connectivity index (χ0n) is 13.3. The molecule has 26 heavy (non-hydrogen) atoms. The average Bonchev–Trinajstić information content (AvgIpc) is 2.49. The molecule has 0 aliphatic heterocycles. The first-order valence-corrected chi connectivity index (χ1v) is 11.0. The Morgan fingerprint density at radius 3 is 2.00 bits per heavy atom. The van der Waals surface area contributed by atoms with Crippen LogP contribution in [0.4, 0.5) is 30.7 Å². The first-order valence-electron chi connectivity index (χ1n) is 6.61. The van der Waals surface area contributed by atoms with Crippen molar-refractivity contribution in [2.75, 3.05) is 6.26 Å². The minimum Gasteiger partial charge on any atom is -0.217 e. The summed E-state index contributed by atoms with van der Waals surface area (Å²) in [5.74, 6) is -6.33. The van der Waals surface area contributed by atoms with E-state index in [-0.39, 0.29) is 4.48 Å².